The molecule has 2 aliphatic heterocycles. The van der Waals surface area contributed by atoms with Crippen LogP contribution in [0.3, 0.4) is 0 Å². The van der Waals surface area contributed by atoms with Crippen LogP contribution < -0.4 is 0 Å². The molecule has 0 saturated carbocycles. The van der Waals surface area contributed by atoms with E-state index in [2.05, 4.69) is 24.1 Å². The third-order valence-electron chi connectivity index (χ3n) is 5.34. The van der Waals surface area contributed by atoms with Gasteiger partial charge >= 0.3 is 0 Å². The van der Waals surface area contributed by atoms with E-state index in [9.17, 15) is 8.42 Å². The minimum atomic E-state index is -3.55. The highest BCUT2D eigenvalue weighted by Gasteiger charge is 2.43. The number of likely N-dealkylation sites (N-methyl/N-ethyl adjacent to an activating group) is 1. The maximum Gasteiger partial charge on any atom is 0.253 e. The van der Waals surface area contributed by atoms with Gasteiger partial charge in [0.25, 0.3) is 10.0 Å². The van der Waals surface area contributed by atoms with E-state index in [0.717, 1.165) is 42.7 Å². The molecule has 4 nitrogen and oxygen atoms in total. The molecule has 0 radical (unpaired) electrons. The third-order valence-corrected chi connectivity index (χ3v) is 8.92. The third kappa shape index (κ3) is 3.04. The van der Waals surface area contributed by atoms with Gasteiger partial charge in [0, 0.05) is 12.6 Å². The lowest BCUT2D eigenvalue weighted by Gasteiger charge is -2.41. The average Bonchev–Trinajstić information content (AvgIpc) is 3.22. The number of nitrogens with zero attached hydrogens (tertiary/aromatic N) is 2. The highest BCUT2D eigenvalue weighted by Crippen LogP contribution is 2.42. The number of likely N-dealkylation sites (tertiary alicyclic amines) is 1. The molecular formula is C18H21ClN2O2S2. The topological polar surface area (TPSA) is 40.6 Å². The summed E-state index contributed by atoms with van der Waals surface area (Å²) in [4.78, 5) is 2.30. The Bertz CT molecular complexity index is 881. The second-order valence-electron chi connectivity index (χ2n) is 6.76. The van der Waals surface area contributed by atoms with E-state index in [-0.39, 0.29) is 12.1 Å². The molecule has 7 heteroatoms. The van der Waals surface area contributed by atoms with Crippen molar-refractivity contribution in [3.8, 4) is 0 Å². The Morgan fingerprint density at radius 1 is 1.16 bits per heavy atom. The molecule has 134 valence electrons. The lowest BCUT2D eigenvalue weighted by molar-refractivity contribution is 0.175. The predicted octanol–water partition coefficient (Wildman–Crippen LogP) is 3.78. The predicted molar refractivity (Wildman–Crippen MR) is 102 cm³/mol. The van der Waals surface area contributed by atoms with E-state index in [4.69, 9.17) is 11.6 Å². The van der Waals surface area contributed by atoms with Crippen LogP contribution in [0, 0.1) is 0 Å². The molecule has 2 aliphatic rings. The van der Waals surface area contributed by atoms with Crippen molar-refractivity contribution in [1.82, 2.24) is 9.21 Å². The maximum atomic E-state index is 13.3. The van der Waals surface area contributed by atoms with Gasteiger partial charge in [-0.15, -0.1) is 11.3 Å². The summed E-state index contributed by atoms with van der Waals surface area (Å²) in [5.41, 5.74) is 2.42. The van der Waals surface area contributed by atoms with Gasteiger partial charge in [-0.05, 0) is 56.1 Å². The largest absolute Gasteiger partial charge is 0.301 e. The second kappa shape index (κ2) is 6.67. The van der Waals surface area contributed by atoms with Crippen LogP contribution in [0.25, 0.3) is 0 Å². The summed E-state index contributed by atoms with van der Waals surface area (Å²) >= 11 is 7.14. The smallest absolute Gasteiger partial charge is 0.253 e. The number of thiophene rings is 1. The van der Waals surface area contributed by atoms with Crippen molar-refractivity contribution in [2.45, 2.75) is 35.6 Å². The number of sulfonamides is 1. The first-order chi connectivity index (χ1) is 12.0. The van der Waals surface area contributed by atoms with Crippen LogP contribution in [0.15, 0.2) is 40.6 Å². The Balaban J connectivity index is 1.81. The number of benzene rings is 1. The van der Waals surface area contributed by atoms with E-state index in [0.29, 0.717) is 15.1 Å². The first-order valence-electron chi connectivity index (χ1n) is 8.54. The Labute approximate surface area is 158 Å². The van der Waals surface area contributed by atoms with E-state index < -0.39 is 10.0 Å². The zero-order chi connectivity index (χ0) is 17.6. The maximum absolute atomic E-state index is 13.3. The van der Waals surface area contributed by atoms with Crippen LogP contribution in [0.1, 0.15) is 30.0 Å². The molecule has 1 aromatic carbocycles. The Morgan fingerprint density at radius 3 is 2.64 bits per heavy atom. The summed E-state index contributed by atoms with van der Waals surface area (Å²) < 4.78 is 29.2. The van der Waals surface area contributed by atoms with E-state index >= 15 is 0 Å². The molecule has 0 aliphatic carbocycles. The van der Waals surface area contributed by atoms with Crippen molar-refractivity contribution in [1.29, 1.82) is 0 Å². The van der Waals surface area contributed by atoms with Gasteiger partial charge in [-0.2, -0.15) is 4.31 Å². The van der Waals surface area contributed by atoms with Crippen molar-refractivity contribution in [2.24, 2.45) is 0 Å². The molecule has 2 unspecified atom stereocenters. The van der Waals surface area contributed by atoms with E-state index in [1.165, 1.54) is 5.56 Å². The lowest BCUT2D eigenvalue weighted by Crippen LogP contribution is -2.47. The van der Waals surface area contributed by atoms with E-state index in [1.54, 1.807) is 16.4 Å². The first kappa shape index (κ1) is 17.5. The standard InChI is InChI=1S/C18H21ClN2O2S2/c1-20-11-4-7-15(20)18-14-6-3-2-5-13(14)10-12-21(18)25(22,23)17-9-8-16(19)24-17/h2-3,5-6,8-9,15,18H,4,7,10-12H2,1H3. The Kier molecular flexibility index (Phi) is 4.67. The Morgan fingerprint density at radius 2 is 1.96 bits per heavy atom. The van der Waals surface area contributed by atoms with Crippen LogP contribution in [0.5, 0.6) is 0 Å². The van der Waals surface area contributed by atoms with Crippen LogP contribution in [-0.2, 0) is 16.4 Å². The molecule has 4 rings (SSSR count). The fraction of sp³-hybridized carbons (Fsp3) is 0.444. The SMILES string of the molecule is CN1CCCC1C1c2ccccc2CCN1S(=O)(=O)c1ccc(Cl)s1. The summed E-state index contributed by atoms with van der Waals surface area (Å²) in [6.45, 7) is 1.53. The van der Waals surface area contributed by atoms with Crippen LogP contribution in [0.4, 0.5) is 0 Å². The van der Waals surface area contributed by atoms with E-state index in [1.807, 2.05) is 12.1 Å². The quantitative estimate of drug-likeness (QED) is 0.792. The van der Waals surface area contributed by atoms with Crippen molar-refractivity contribution in [3.63, 3.8) is 0 Å². The Hall–Kier alpha value is -0.920. The number of fused-ring (bicyclic) bond motifs is 1. The fourth-order valence-electron chi connectivity index (χ4n) is 4.13. The van der Waals surface area contributed by atoms with Crippen molar-refractivity contribution >= 4 is 33.0 Å². The number of halogens is 1. The monoisotopic (exact) mass is 396 g/mol. The normalized spacial score (nSPS) is 25.2. The van der Waals surface area contributed by atoms with Crippen LogP contribution in [0.2, 0.25) is 4.34 Å². The molecule has 0 spiro atoms. The number of hydrogen-bond acceptors (Lipinski definition) is 4. The summed E-state index contributed by atoms with van der Waals surface area (Å²) in [5.74, 6) is 0. The summed E-state index contributed by atoms with van der Waals surface area (Å²) in [7, 11) is -1.45. The van der Waals surface area contributed by atoms with Gasteiger partial charge in [-0.3, -0.25) is 0 Å². The lowest BCUT2D eigenvalue weighted by atomic mass is 9.89. The highest BCUT2D eigenvalue weighted by molar-refractivity contribution is 7.91. The minimum Gasteiger partial charge on any atom is -0.301 e. The molecule has 1 saturated heterocycles. The molecule has 3 heterocycles. The molecule has 1 fully saturated rings. The molecule has 2 aromatic rings. The van der Waals surface area contributed by atoms with Crippen molar-refractivity contribution in [3.05, 3.63) is 51.9 Å². The van der Waals surface area contributed by atoms with Crippen LogP contribution in [-0.4, -0.2) is 43.8 Å². The average molecular weight is 397 g/mol. The van der Waals surface area contributed by atoms with Crippen molar-refractivity contribution in [2.75, 3.05) is 20.1 Å². The van der Waals surface area contributed by atoms with Gasteiger partial charge < -0.3 is 4.90 Å². The van der Waals surface area contributed by atoms with Gasteiger partial charge in [-0.1, -0.05) is 35.9 Å². The zero-order valence-electron chi connectivity index (χ0n) is 14.1. The van der Waals surface area contributed by atoms with Gasteiger partial charge in [0.1, 0.15) is 4.21 Å². The molecule has 25 heavy (non-hydrogen) atoms. The molecule has 1 aromatic heterocycles. The van der Waals surface area contributed by atoms with Crippen LogP contribution >= 0.6 is 22.9 Å². The summed E-state index contributed by atoms with van der Waals surface area (Å²) in [5, 5.41) is 0. The van der Waals surface area contributed by atoms with Gasteiger partial charge in [0.2, 0.25) is 0 Å². The van der Waals surface area contributed by atoms with Gasteiger partial charge in [0.05, 0.1) is 10.4 Å². The highest BCUT2D eigenvalue weighted by atomic mass is 35.5. The number of rotatable bonds is 3. The molecule has 0 bridgehead atoms. The molecular weight excluding hydrogens is 376 g/mol. The molecule has 0 N–H and O–H groups in total. The second-order valence-corrected chi connectivity index (χ2v) is 10.6. The molecule has 0 amide bonds. The fourth-order valence-corrected chi connectivity index (χ4v) is 7.38. The van der Waals surface area contributed by atoms with Crippen molar-refractivity contribution < 1.29 is 8.42 Å². The zero-order valence-corrected chi connectivity index (χ0v) is 16.4. The van der Waals surface area contributed by atoms with Gasteiger partial charge in [-0.25, -0.2) is 8.42 Å². The number of hydrogen-bond donors (Lipinski definition) is 0. The minimum absolute atomic E-state index is 0.136. The molecule has 2 atom stereocenters. The first-order valence-corrected chi connectivity index (χ1v) is 11.2. The summed E-state index contributed by atoms with van der Waals surface area (Å²) in [6.07, 6.45) is 2.88. The summed E-state index contributed by atoms with van der Waals surface area (Å²) in [6, 6.07) is 11.6. The van der Waals surface area contributed by atoms with Gasteiger partial charge in [0.15, 0.2) is 0 Å².